The lowest BCUT2D eigenvalue weighted by atomic mass is 10.2. The number of carbonyl (C=O) groups excluding carboxylic acids is 1. The number of piperazine rings is 1. The fourth-order valence-corrected chi connectivity index (χ4v) is 2.50. The average molecular weight is 300 g/mol. The Bertz CT molecular complexity index is 609. The molecule has 1 amide bonds. The van der Waals surface area contributed by atoms with Crippen LogP contribution in [0.25, 0.3) is 0 Å². The van der Waals surface area contributed by atoms with E-state index in [1.165, 1.54) is 0 Å². The van der Waals surface area contributed by atoms with Gasteiger partial charge in [-0.15, -0.1) is 12.6 Å². The van der Waals surface area contributed by atoms with Gasteiger partial charge in [0.15, 0.2) is 0 Å². The molecule has 0 spiro atoms. The molecule has 108 valence electrons. The molecule has 1 fully saturated rings. The lowest BCUT2D eigenvalue weighted by Gasteiger charge is -2.34. The van der Waals surface area contributed by atoms with Crippen molar-refractivity contribution >= 4 is 24.5 Å². The monoisotopic (exact) mass is 300 g/mol. The number of nitrogens with zero attached hydrogens (tertiary/aromatic N) is 4. The van der Waals surface area contributed by atoms with Gasteiger partial charge in [-0.1, -0.05) is 0 Å². The molecule has 0 atom stereocenters. The van der Waals surface area contributed by atoms with Gasteiger partial charge in [-0.25, -0.2) is 9.97 Å². The van der Waals surface area contributed by atoms with E-state index in [0.29, 0.717) is 18.7 Å². The molecule has 0 bridgehead atoms. The summed E-state index contributed by atoms with van der Waals surface area (Å²) in [7, 11) is 0. The van der Waals surface area contributed by atoms with E-state index in [2.05, 4.69) is 27.5 Å². The summed E-state index contributed by atoms with van der Waals surface area (Å²) >= 11 is 4.23. The van der Waals surface area contributed by atoms with Gasteiger partial charge in [0.1, 0.15) is 0 Å². The van der Waals surface area contributed by atoms with Crippen LogP contribution in [0.1, 0.15) is 10.4 Å². The van der Waals surface area contributed by atoms with Crippen LogP contribution in [0, 0.1) is 0 Å². The number of aromatic nitrogens is 2. The summed E-state index contributed by atoms with van der Waals surface area (Å²) in [6, 6.07) is 9.11. The van der Waals surface area contributed by atoms with Crippen molar-refractivity contribution in [1.29, 1.82) is 0 Å². The molecule has 1 aliphatic rings. The van der Waals surface area contributed by atoms with E-state index in [9.17, 15) is 4.79 Å². The summed E-state index contributed by atoms with van der Waals surface area (Å²) in [4.78, 5) is 25.7. The highest BCUT2D eigenvalue weighted by atomic mass is 32.1. The Morgan fingerprint density at radius 3 is 2.24 bits per heavy atom. The minimum absolute atomic E-state index is 0.0666. The van der Waals surface area contributed by atoms with E-state index in [-0.39, 0.29) is 5.91 Å². The summed E-state index contributed by atoms with van der Waals surface area (Å²) in [6.45, 7) is 2.86. The zero-order valence-corrected chi connectivity index (χ0v) is 12.4. The fourth-order valence-electron chi connectivity index (χ4n) is 2.35. The molecule has 0 radical (unpaired) electrons. The molecule has 1 aromatic carbocycles. The van der Waals surface area contributed by atoms with Crippen LogP contribution in [-0.4, -0.2) is 47.0 Å². The van der Waals surface area contributed by atoms with Crippen molar-refractivity contribution in [2.24, 2.45) is 0 Å². The third-order valence-corrected chi connectivity index (χ3v) is 3.81. The minimum atomic E-state index is 0.0666. The second-order valence-electron chi connectivity index (χ2n) is 4.87. The Labute approximate surface area is 129 Å². The molecule has 2 aromatic rings. The highest BCUT2D eigenvalue weighted by Crippen LogP contribution is 2.14. The standard InChI is InChI=1S/C15H16N4OS/c20-14(12-2-4-13(21)5-3-12)18-8-10-19(11-9-18)15-16-6-1-7-17-15/h1-7,21H,8-11H2. The van der Waals surface area contributed by atoms with Gasteiger partial charge in [-0.2, -0.15) is 0 Å². The number of thiol groups is 1. The van der Waals surface area contributed by atoms with Crippen LogP contribution in [0.3, 0.4) is 0 Å². The molecule has 1 aromatic heterocycles. The van der Waals surface area contributed by atoms with Crippen molar-refractivity contribution in [2.45, 2.75) is 4.90 Å². The minimum Gasteiger partial charge on any atom is -0.337 e. The first kappa shape index (κ1) is 13.9. The van der Waals surface area contributed by atoms with Gasteiger partial charge in [-0.3, -0.25) is 4.79 Å². The predicted molar refractivity (Wildman–Crippen MR) is 83.8 cm³/mol. The van der Waals surface area contributed by atoms with Crippen molar-refractivity contribution in [3.63, 3.8) is 0 Å². The van der Waals surface area contributed by atoms with Crippen LogP contribution in [-0.2, 0) is 0 Å². The van der Waals surface area contributed by atoms with Gasteiger partial charge in [0, 0.05) is 49.0 Å². The zero-order chi connectivity index (χ0) is 14.7. The molecular formula is C15H16N4OS. The first-order chi connectivity index (χ1) is 10.2. The molecular weight excluding hydrogens is 284 g/mol. The Morgan fingerprint density at radius 2 is 1.62 bits per heavy atom. The van der Waals surface area contributed by atoms with Crippen molar-refractivity contribution in [3.8, 4) is 0 Å². The topological polar surface area (TPSA) is 49.3 Å². The third kappa shape index (κ3) is 3.16. The molecule has 0 saturated carbocycles. The van der Waals surface area contributed by atoms with E-state index in [0.717, 1.165) is 23.9 Å². The van der Waals surface area contributed by atoms with Gasteiger partial charge in [0.05, 0.1) is 0 Å². The lowest BCUT2D eigenvalue weighted by molar-refractivity contribution is 0.0746. The largest absolute Gasteiger partial charge is 0.337 e. The van der Waals surface area contributed by atoms with Crippen LogP contribution >= 0.6 is 12.6 Å². The van der Waals surface area contributed by atoms with Crippen molar-refractivity contribution < 1.29 is 4.79 Å². The van der Waals surface area contributed by atoms with Crippen LogP contribution in [0.5, 0.6) is 0 Å². The van der Waals surface area contributed by atoms with Crippen molar-refractivity contribution in [2.75, 3.05) is 31.1 Å². The van der Waals surface area contributed by atoms with Crippen LogP contribution in [0.4, 0.5) is 5.95 Å². The van der Waals surface area contributed by atoms with E-state index in [1.54, 1.807) is 18.5 Å². The number of hydrogen-bond acceptors (Lipinski definition) is 5. The van der Waals surface area contributed by atoms with Crippen molar-refractivity contribution in [3.05, 3.63) is 48.3 Å². The fraction of sp³-hybridized carbons (Fsp3) is 0.267. The third-order valence-electron chi connectivity index (χ3n) is 3.52. The molecule has 0 aliphatic carbocycles. The second kappa shape index (κ2) is 6.13. The number of anilines is 1. The SMILES string of the molecule is O=C(c1ccc(S)cc1)N1CCN(c2ncccn2)CC1. The van der Waals surface area contributed by atoms with E-state index in [1.807, 2.05) is 29.2 Å². The Kier molecular flexibility index (Phi) is 4.06. The average Bonchev–Trinajstić information content (AvgIpc) is 2.56. The Hall–Kier alpha value is -2.08. The smallest absolute Gasteiger partial charge is 0.253 e. The van der Waals surface area contributed by atoms with Gasteiger partial charge in [0.25, 0.3) is 5.91 Å². The molecule has 1 saturated heterocycles. The summed E-state index contributed by atoms with van der Waals surface area (Å²) in [5, 5.41) is 0. The number of hydrogen-bond donors (Lipinski definition) is 1. The number of carbonyl (C=O) groups is 1. The molecule has 5 nitrogen and oxygen atoms in total. The van der Waals surface area contributed by atoms with E-state index in [4.69, 9.17) is 0 Å². The summed E-state index contributed by atoms with van der Waals surface area (Å²) in [6.07, 6.45) is 3.47. The van der Waals surface area contributed by atoms with Crippen LogP contribution in [0.15, 0.2) is 47.6 Å². The summed E-state index contributed by atoms with van der Waals surface area (Å²) in [5.74, 6) is 0.793. The van der Waals surface area contributed by atoms with E-state index < -0.39 is 0 Å². The Balaban J connectivity index is 1.63. The molecule has 21 heavy (non-hydrogen) atoms. The number of benzene rings is 1. The molecule has 0 unspecified atom stereocenters. The van der Waals surface area contributed by atoms with Gasteiger partial charge in [-0.05, 0) is 30.3 Å². The van der Waals surface area contributed by atoms with E-state index >= 15 is 0 Å². The highest BCUT2D eigenvalue weighted by Gasteiger charge is 2.23. The number of amides is 1. The van der Waals surface area contributed by atoms with Gasteiger partial charge < -0.3 is 9.80 Å². The molecule has 6 heteroatoms. The Morgan fingerprint density at radius 1 is 1.00 bits per heavy atom. The number of rotatable bonds is 2. The maximum absolute atomic E-state index is 12.4. The van der Waals surface area contributed by atoms with Gasteiger partial charge >= 0.3 is 0 Å². The lowest BCUT2D eigenvalue weighted by Crippen LogP contribution is -2.49. The summed E-state index contributed by atoms with van der Waals surface area (Å²) < 4.78 is 0. The van der Waals surface area contributed by atoms with Gasteiger partial charge in [0.2, 0.25) is 5.95 Å². The van der Waals surface area contributed by atoms with Crippen molar-refractivity contribution in [1.82, 2.24) is 14.9 Å². The maximum atomic E-state index is 12.4. The first-order valence-corrected chi connectivity index (χ1v) is 7.29. The normalized spacial score (nSPS) is 15.1. The second-order valence-corrected chi connectivity index (χ2v) is 5.39. The molecule has 0 N–H and O–H groups in total. The predicted octanol–water partition coefficient (Wildman–Crippen LogP) is 1.73. The summed E-state index contributed by atoms with van der Waals surface area (Å²) in [5.41, 5.74) is 0.706. The zero-order valence-electron chi connectivity index (χ0n) is 11.5. The quantitative estimate of drug-likeness (QED) is 0.858. The molecule has 1 aliphatic heterocycles. The first-order valence-electron chi connectivity index (χ1n) is 6.84. The van der Waals surface area contributed by atoms with Crippen LogP contribution in [0.2, 0.25) is 0 Å². The maximum Gasteiger partial charge on any atom is 0.253 e. The molecule has 3 rings (SSSR count). The highest BCUT2D eigenvalue weighted by molar-refractivity contribution is 7.80. The van der Waals surface area contributed by atoms with Crippen LogP contribution < -0.4 is 4.90 Å². The molecule has 2 heterocycles.